The Hall–Kier alpha value is -2.43. The summed E-state index contributed by atoms with van der Waals surface area (Å²) in [5, 5.41) is 0. The highest BCUT2D eigenvalue weighted by molar-refractivity contribution is 5.81. The summed E-state index contributed by atoms with van der Waals surface area (Å²) in [5.41, 5.74) is 6.23. The molecule has 0 spiro atoms. The minimum absolute atomic E-state index is 0.296. The molecule has 4 rings (SSSR count). The fourth-order valence-corrected chi connectivity index (χ4v) is 4.38. The van der Waals surface area contributed by atoms with Gasteiger partial charge >= 0.3 is 0 Å². The van der Waals surface area contributed by atoms with E-state index in [0.717, 1.165) is 69.2 Å². The first-order valence-corrected chi connectivity index (χ1v) is 11.8. The first-order valence-electron chi connectivity index (χ1n) is 11.8. The van der Waals surface area contributed by atoms with Crippen molar-refractivity contribution in [3.05, 3.63) is 52.0 Å². The van der Waals surface area contributed by atoms with E-state index in [1.807, 2.05) is 0 Å². The number of amides is 1. The second kappa shape index (κ2) is 8.97. The van der Waals surface area contributed by atoms with Gasteiger partial charge in [-0.05, 0) is 51.2 Å². The highest BCUT2D eigenvalue weighted by atomic mass is 16.2. The van der Waals surface area contributed by atoms with Gasteiger partial charge in [-0.15, -0.1) is 0 Å². The van der Waals surface area contributed by atoms with E-state index in [4.69, 9.17) is 9.97 Å². The van der Waals surface area contributed by atoms with Crippen LogP contribution in [0.5, 0.6) is 0 Å². The summed E-state index contributed by atoms with van der Waals surface area (Å²) in [7, 11) is 0. The van der Waals surface area contributed by atoms with Gasteiger partial charge in [0.05, 0.1) is 0 Å². The summed E-state index contributed by atoms with van der Waals surface area (Å²) < 4.78 is 0. The first-order chi connectivity index (χ1) is 14.9. The number of nitrogens with zero attached hydrogens (tertiary/aromatic N) is 4. The lowest BCUT2D eigenvalue weighted by molar-refractivity contribution is -0.132. The number of hydrogen-bond acceptors (Lipinski definition) is 4. The van der Waals surface area contributed by atoms with E-state index in [1.165, 1.54) is 22.3 Å². The monoisotopic (exact) mass is 420 g/mol. The van der Waals surface area contributed by atoms with Crippen LogP contribution in [0.4, 0.5) is 5.82 Å². The van der Waals surface area contributed by atoms with Gasteiger partial charge in [0.15, 0.2) is 0 Å². The lowest BCUT2D eigenvalue weighted by Crippen LogP contribution is -2.49. The van der Waals surface area contributed by atoms with Gasteiger partial charge in [0.2, 0.25) is 5.91 Å². The van der Waals surface area contributed by atoms with Crippen LogP contribution in [0.25, 0.3) is 0 Å². The van der Waals surface area contributed by atoms with Gasteiger partial charge in [0, 0.05) is 55.7 Å². The summed E-state index contributed by atoms with van der Waals surface area (Å²) in [6.07, 6.45) is 4.01. The lowest BCUT2D eigenvalue weighted by Gasteiger charge is -2.37. The maximum Gasteiger partial charge on any atom is 0.225 e. The molecule has 5 heteroatoms. The molecule has 0 bridgehead atoms. The summed E-state index contributed by atoms with van der Waals surface area (Å²) >= 11 is 0. The number of benzene rings is 1. The van der Waals surface area contributed by atoms with E-state index >= 15 is 0 Å². The zero-order chi connectivity index (χ0) is 22.1. The number of carbonyl (C=O) groups excluding carboxylic acids is 1. The predicted octanol–water partition coefficient (Wildman–Crippen LogP) is 4.56. The molecule has 1 aromatic carbocycles. The fourth-order valence-electron chi connectivity index (χ4n) is 4.38. The van der Waals surface area contributed by atoms with E-state index in [9.17, 15) is 4.79 Å². The summed E-state index contributed by atoms with van der Waals surface area (Å²) in [5.74, 6) is 3.00. The molecule has 1 aliphatic carbocycles. The van der Waals surface area contributed by atoms with Gasteiger partial charge in [-0.25, -0.2) is 9.97 Å². The van der Waals surface area contributed by atoms with Crippen LogP contribution in [0, 0.1) is 26.7 Å². The Labute approximate surface area is 186 Å². The topological polar surface area (TPSA) is 49.3 Å². The zero-order valence-electron chi connectivity index (χ0n) is 19.7. The molecule has 2 aliphatic rings. The molecule has 31 heavy (non-hydrogen) atoms. The number of aryl methyl sites for hydroxylation is 3. The maximum absolute atomic E-state index is 12.5. The third-order valence-corrected chi connectivity index (χ3v) is 6.95. The number of piperazine rings is 1. The van der Waals surface area contributed by atoms with Gasteiger partial charge in [-0.2, -0.15) is 0 Å². The minimum Gasteiger partial charge on any atom is -0.353 e. The van der Waals surface area contributed by atoms with Gasteiger partial charge in [0.25, 0.3) is 0 Å². The summed E-state index contributed by atoms with van der Waals surface area (Å²) in [6, 6.07) is 6.66. The van der Waals surface area contributed by atoms with E-state index in [-0.39, 0.29) is 0 Å². The quantitative estimate of drug-likeness (QED) is 0.687. The van der Waals surface area contributed by atoms with Crippen molar-refractivity contribution in [1.82, 2.24) is 14.9 Å². The zero-order valence-corrected chi connectivity index (χ0v) is 19.7. The maximum atomic E-state index is 12.5. The molecule has 2 aromatic rings. The largest absolute Gasteiger partial charge is 0.353 e. The highest BCUT2D eigenvalue weighted by Crippen LogP contribution is 2.32. The Morgan fingerprint density at radius 3 is 2.45 bits per heavy atom. The predicted molar refractivity (Wildman–Crippen MR) is 126 cm³/mol. The summed E-state index contributed by atoms with van der Waals surface area (Å²) in [6.45, 7) is 14.1. The normalized spacial score (nSPS) is 17.7. The van der Waals surface area contributed by atoms with Gasteiger partial charge in [-0.1, -0.05) is 37.6 Å². The van der Waals surface area contributed by atoms with Gasteiger partial charge in [-0.3, -0.25) is 4.79 Å². The van der Waals surface area contributed by atoms with Gasteiger partial charge in [0.1, 0.15) is 11.6 Å². The average molecular weight is 421 g/mol. The Morgan fingerprint density at radius 2 is 1.81 bits per heavy atom. The van der Waals surface area contributed by atoms with Crippen molar-refractivity contribution in [3.63, 3.8) is 0 Å². The Morgan fingerprint density at radius 1 is 1.10 bits per heavy atom. The van der Waals surface area contributed by atoms with E-state index < -0.39 is 0 Å². The molecule has 1 saturated heterocycles. The van der Waals surface area contributed by atoms with Crippen molar-refractivity contribution in [2.75, 3.05) is 31.1 Å². The van der Waals surface area contributed by atoms with Crippen molar-refractivity contribution in [3.8, 4) is 0 Å². The molecule has 0 radical (unpaired) electrons. The van der Waals surface area contributed by atoms with Crippen LogP contribution in [0.15, 0.2) is 18.2 Å². The number of anilines is 1. The number of rotatable bonds is 6. The summed E-state index contributed by atoms with van der Waals surface area (Å²) in [4.78, 5) is 27.0. The van der Waals surface area contributed by atoms with Crippen molar-refractivity contribution < 1.29 is 4.79 Å². The highest BCUT2D eigenvalue weighted by Gasteiger charge is 2.35. The van der Waals surface area contributed by atoms with Crippen LogP contribution in [-0.2, 0) is 11.2 Å². The molecule has 2 fully saturated rings. The van der Waals surface area contributed by atoms with Crippen LogP contribution in [0.3, 0.4) is 0 Å². The van der Waals surface area contributed by atoms with Crippen LogP contribution >= 0.6 is 0 Å². The molecule has 0 N–H and O–H groups in total. The Bertz CT molecular complexity index is 958. The molecule has 0 unspecified atom stereocenters. The van der Waals surface area contributed by atoms with Crippen LogP contribution in [0.2, 0.25) is 0 Å². The number of hydrogen-bond donors (Lipinski definition) is 0. The smallest absolute Gasteiger partial charge is 0.225 e. The number of carbonyl (C=O) groups is 1. The molecular formula is C26H36N4O. The molecule has 166 valence electrons. The molecule has 5 nitrogen and oxygen atoms in total. The Kier molecular flexibility index (Phi) is 6.31. The van der Waals surface area contributed by atoms with Crippen molar-refractivity contribution in [2.45, 2.75) is 66.2 Å². The molecule has 1 aliphatic heterocycles. The van der Waals surface area contributed by atoms with E-state index in [2.05, 4.69) is 62.6 Å². The lowest BCUT2D eigenvalue weighted by atomic mass is 9.97. The molecule has 1 aromatic heterocycles. The van der Waals surface area contributed by atoms with Crippen molar-refractivity contribution in [2.24, 2.45) is 5.92 Å². The SMILES string of the molecule is CC[C@@H](C)c1nc(C)c(Cc2cc(C)ccc2C)c(N2CCN(C(=O)C3CC3)CC2)n1. The number of aromatic nitrogens is 2. The van der Waals surface area contributed by atoms with Gasteiger partial charge < -0.3 is 9.80 Å². The van der Waals surface area contributed by atoms with E-state index in [1.54, 1.807) is 0 Å². The van der Waals surface area contributed by atoms with Crippen LogP contribution in [-0.4, -0.2) is 47.0 Å². The molecule has 1 saturated carbocycles. The van der Waals surface area contributed by atoms with E-state index in [0.29, 0.717) is 17.7 Å². The molecule has 1 amide bonds. The Balaban J connectivity index is 1.64. The van der Waals surface area contributed by atoms with Crippen LogP contribution < -0.4 is 4.90 Å². The molecule has 2 heterocycles. The van der Waals surface area contributed by atoms with Crippen LogP contribution in [0.1, 0.15) is 72.8 Å². The molecule has 1 atom stereocenters. The third-order valence-electron chi connectivity index (χ3n) is 6.95. The van der Waals surface area contributed by atoms with Crippen molar-refractivity contribution in [1.29, 1.82) is 0 Å². The van der Waals surface area contributed by atoms with Crippen molar-refractivity contribution >= 4 is 11.7 Å². The second-order valence-electron chi connectivity index (χ2n) is 9.47. The minimum atomic E-state index is 0.296. The first kappa shape index (κ1) is 21.8. The fraction of sp³-hybridized carbons (Fsp3) is 0.577. The molecular weight excluding hydrogens is 384 g/mol. The average Bonchev–Trinajstić information content (AvgIpc) is 3.62. The second-order valence-corrected chi connectivity index (χ2v) is 9.47. The third kappa shape index (κ3) is 4.76. The standard InChI is InChI=1S/C26H36N4O/c1-6-18(3)24-27-20(5)23(16-22-15-17(2)7-8-19(22)4)25(28-24)29-11-13-30(14-12-29)26(31)21-9-10-21/h7-8,15,18,21H,6,9-14,16H2,1-5H3/t18-/m1/s1.